The minimum absolute atomic E-state index is 0.116. The lowest BCUT2D eigenvalue weighted by atomic mass is 10.1. The van der Waals surface area contributed by atoms with Gasteiger partial charge in [-0.05, 0) is 38.1 Å². The fraction of sp³-hybridized carbons (Fsp3) is 0.350. The van der Waals surface area contributed by atoms with Gasteiger partial charge in [-0.2, -0.15) is 0 Å². The molecule has 1 saturated heterocycles. The molecule has 2 heterocycles. The molecule has 1 aliphatic heterocycles. The second kappa shape index (κ2) is 10.0. The van der Waals surface area contributed by atoms with Crippen LogP contribution in [0, 0.1) is 6.92 Å². The minimum Gasteiger partial charge on any atom is -0.487 e. The molecule has 1 atom stereocenters. The summed E-state index contributed by atoms with van der Waals surface area (Å²) in [4.78, 5) is 39.2. The third kappa shape index (κ3) is 5.49. The van der Waals surface area contributed by atoms with Gasteiger partial charge in [0.1, 0.15) is 24.1 Å². The van der Waals surface area contributed by atoms with Gasteiger partial charge in [-0.3, -0.25) is 14.4 Å². The number of benzene rings is 1. The van der Waals surface area contributed by atoms with Crippen molar-refractivity contribution in [2.45, 2.75) is 19.4 Å². The van der Waals surface area contributed by atoms with Gasteiger partial charge in [0, 0.05) is 17.8 Å². The summed E-state index contributed by atoms with van der Waals surface area (Å²) < 4.78 is 10.5. The van der Waals surface area contributed by atoms with Crippen molar-refractivity contribution in [3.8, 4) is 5.75 Å². The Balaban J connectivity index is 1.83. The van der Waals surface area contributed by atoms with Crippen LogP contribution in [0.2, 0.25) is 10.0 Å². The summed E-state index contributed by atoms with van der Waals surface area (Å²) in [5.74, 6) is -1.23. The zero-order valence-electron chi connectivity index (χ0n) is 16.9. The van der Waals surface area contributed by atoms with Crippen LogP contribution in [0.3, 0.4) is 0 Å². The summed E-state index contributed by atoms with van der Waals surface area (Å²) in [5, 5.41) is 8.80. The van der Waals surface area contributed by atoms with Crippen molar-refractivity contribution in [2.24, 2.45) is 0 Å². The zero-order valence-corrected chi connectivity index (χ0v) is 18.4. The first-order valence-electron chi connectivity index (χ1n) is 9.51. The van der Waals surface area contributed by atoms with E-state index in [-0.39, 0.29) is 34.0 Å². The molecule has 4 N–H and O–H groups in total. The molecule has 0 radical (unpaired) electrons. The predicted octanol–water partition coefficient (Wildman–Crippen LogP) is 2.53. The van der Waals surface area contributed by atoms with Crippen LogP contribution in [0.25, 0.3) is 0 Å². The number of methoxy groups -OCH3 is 1. The number of aryl methyl sites for hydroxylation is 1. The Hall–Kier alpha value is -2.75. The second-order valence-corrected chi connectivity index (χ2v) is 7.67. The van der Waals surface area contributed by atoms with Gasteiger partial charge in [-0.25, -0.2) is 0 Å². The highest BCUT2D eigenvalue weighted by molar-refractivity contribution is 6.44. The maximum atomic E-state index is 12.7. The molecule has 0 unspecified atom stereocenters. The molecule has 9 nitrogen and oxygen atoms in total. The number of H-pyrrole nitrogens is 1. The van der Waals surface area contributed by atoms with Crippen LogP contribution in [0.4, 0.5) is 5.69 Å². The summed E-state index contributed by atoms with van der Waals surface area (Å²) in [6.07, 6.45) is 0.665. The fourth-order valence-electron chi connectivity index (χ4n) is 3.01. The Morgan fingerprint density at radius 2 is 1.97 bits per heavy atom. The van der Waals surface area contributed by atoms with E-state index in [1.165, 1.54) is 19.2 Å². The van der Waals surface area contributed by atoms with Gasteiger partial charge in [0.25, 0.3) is 11.8 Å². The third-order valence-corrected chi connectivity index (χ3v) is 5.65. The Morgan fingerprint density at radius 1 is 1.19 bits per heavy atom. The first-order chi connectivity index (χ1) is 14.8. The van der Waals surface area contributed by atoms with Crippen LogP contribution in [0.1, 0.15) is 33.0 Å². The molecule has 1 aromatic carbocycles. The van der Waals surface area contributed by atoms with Crippen molar-refractivity contribution in [3.05, 3.63) is 45.2 Å². The van der Waals surface area contributed by atoms with Crippen LogP contribution in [0.5, 0.6) is 5.75 Å². The normalized spacial score (nSPS) is 15.4. The molecule has 0 bridgehead atoms. The van der Waals surface area contributed by atoms with Gasteiger partial charge >= 0.3 is 5.97 Å². The molecule has 31 heavy (non-hydrogen) atoms. The number of halogens is 2. The van der Waals surface area contributed by atoms with E-state index in [0.29, 0.717) is 23.7 Å². The molecule has 1 aromatic heterocycles. The van der Waals surface area contributed by atoms with Gasteiger partial charge in [-0.15, -0.1) is 0 Å². The van der Waals surface area contributed by atoms with Crippen LogP contribution >= 0.6 is 23.2 Å². The Labute approximate surface area is 188 Å². The quantitative estimate of drug-likeness (QED) is 0.463. The highest BCUT2D eigenvalue weighted by Gasteiger charge is 2.22. The molecule has 0 saturated carbocycles. The molecule has 3 rings (SSSR count). The van der Waals surface area contributed by atoms with Crippen molar-refractivity contribution in [2.75, 3.05) is 32.1 Å². The SMILES string of the molecule is COC(=O)CNC(=O)c1ccc(NC(=O)c2[nH]c(C)c(Cl)c2Cl)c(O[C@H]2CCNC2)c1. The van der Waals surface area contributed by atoms with Crippen LogP contribution < -0.4 is 20.7 Å². The van der Waals surface area contributed by atoms with E-state index < -0.39 is 17.8 Å². The van der Waals surface area contributed by atoms with E-state index >= 15 is 0 Å². The number of amides is 2. The zero-order chi connectivity index (χ0) is 22.5. The molecule has 0 aliphatic carbocycles. The monoisotopic (exact) mass is 468 g/mol. The molecule has 2 amide bonds. The molecule has 11 heteroatoms. The van der Waals surface area contributed by atoms with Crippen molar-refractivity contribution in [3.63, 3.8) is 0 Å². The van der Waals surface area contributed by atoms with Gasteiger partial charge < -0.3 is 30.4 Å². The van der Waals surface area contributed by atoms with Crippen LogP contribution in [-0.4, -0.2) is 55.6 Å². The molecule has 1 fully saturated rings. The molecular formula is C20H22Cl2N4O5. The summed E-state index contributed by atoms with van der Waals surface area (Å²) in [7, 11) is 1.23. The number of nitrogens with one attached hydrogen (secondary N) is 4. The minimum atomic E-state index is -0.567. The lowest BCUT2D eigenvalue weighted by Crippen LogP contribution is -2.30. The number of anilines is 1. The summed E-state index contributed by atoms with van der Waals surface area (Å²) in [6.45, 7) is 2.89. The van der Waals surface area contributed by atoms with E-state index in [4.69, 9.17) is 27.9 Å². The molecule has 0 spiro atoms. The Morgan fingerprint density at radius 3 is 2.58 bits per heavy atom. The maximum Gasteiger partial charge on any atom is 0.325 e. The smallest absolute Gasteiger partial charge is 0.325 e. The number of carbonyl (C=O) groups is 3. The number of carbonyl (C=O) groups excluding carboxylic acids is 3. The number of aromatic amines is 1. The van der Waals surface area contributed by atoms with E-state index in [9.17, 15) is 14.4 Å². The number of aromatic nitrogens is 1. The van der Waals surface area contributed by atoms with Crippen molar-refractivity contribution < 1.29 is 23.9 Å². The van der Waals surface area contributed by atoms with Gasteiger partial charge in [0.05, 0.1) is 22.8 Å². The van der Waals surface area contributed by atoms with Gasteiger partial charge in [0.2, 0.25) is 0 Å². The summed E-state index contributed by atoms with van der Waals surface area (Å²) >= 11 is 12.2. The number of ether oxygens (including phenoxy) is 2. The Bertz CT molecular complexity index is 1000. The number of hydrogen-bond acceptors (Lipinski definition) is 6. The Kier molecular flexibility index (Phi) is 7.42. The summed E-state index contributed by atoms with van der Waals surface area (Å²) in [5.41, 5.74) is 1.32. The van der Waals surface area contributed by atoms with E-state index in [1.54, 1.807) is 13.0 Å². The van der Waals surface area contributed by atoms with Crippen LogP contribution in [0.15, 0.2) is 18.2 Å². The maximum absolute atomic E-state index is 12.7. The topological polar surface area (TPSA) is 122 Å². The first-order valence-corrected chi connectivity index (χ1v) is 10.3. The van der Waals surface area contributed by atoms with Crippen molar-refractivity contribution in [1.82, 2.24) is 15.6 Å². The number of rotatable bonds is 7. The lowest BCUT2D eigenvalue weighted by Gasteiger charge is -2.17. The number of hydrogen-bond donors (Lipinski definition) is 4. The highest BCUT2D eigenvalue weighted by Crippen LogP contribution is 2.32. The van der Waals surface area contributed by atoms with Gasteiger partial charge in [-0.1, -0.05) is 23.2 Å². The predicted molar refractivity (Wildman–Crippen MR) is 116 cm³/mol. The lowest BCUT2D eigenvalue weighted by molar-refractivity contribution is -0.139. The van der Waals surface area contributed by atoms with E-state index in [0.717, 1.165) is 13.0 Å². The van der Waals surface area contributed by atoms with E-state index in [2.05, 4.69) is 25.7 Å². The highest BCUT2D eigenvalue weighted by atomic mass is 35.5. The van der Waals surface area contributed by atoms with Crippen molar-refractivity contribution >= 4 is 46.7 Å². The average Bonchev–Trinajstić information content (AvgIpc) is 3.36. The molecular weight excluding hydrogens is 447 g/mol. The average molecular weight is 469 g/mol. The van der Waals surface area contributed by atoms with Crippen molar-refractivity contribution in [1.29, 1.82) is 0 Å². The molecule has 166 valence electrons. The molecule has 2 aromatic rings. The largest absolute Gasteiger partial charge is 0.487 e. The summed E-state index contributed by atoms with van der Waals surface area (Å²) in [6, 6.07) is 4.57. The molecule has 1 aliphatic rings. The fourth-order valence-corrected chi connectivity index (χ4v) is 3.43. The standard InChI is InChI=1S/C20H22Cl2N4O5/c1-10-16(21)17(22)18(25-10)20(29)26-13-4-3-11(19(28)24-9-15(27)30-2)7-14(13)31-12-5-6-23-8-12/h3-4,7,12,23,25H,5-6,8-9H2,1-2H3,(H,24,28)(H,26,29)/t12-/m0/s1. The van der Waals surface area contributed by atoms with Crippen LogP contribution in [-0.2, 0) is 9.53 Å². The van der Waals surface area contributed by atoms with E-state index in [1.807, 2.05) is 0 Å². The second-order valence-electron chi connectivity index (χ2n) is 6.91. The first kappa shape index (κ1) is 22.9. The third-order valence-electron chi connectivity index (χ3n) is 4.70. The number of esters is 1. The van der Waals surface area contributed by atoms with Gasteiger partial charge in [0.15, 0.2) is 0 Å².